The Balaban J connectivity index is 1.45. The van der Waals surface area contributed by atoms with Crippen LogP contribution in [0, 0.1) is 0 Å². The zero-order valence-electron chi connectivity index (χ0n) is 17.4. The van der Waals surface area contributed by atoms with Gasteiger partial charge in [-0.2, -0.15) is 0 Å². The van der Waals surface area contributed by atoms with E-state index in [0.29, 0.717) is 22.3 Å². The van der Waals surface area contributed by atoms with Gasteiger partial charge in [0.2, 0.25) is 11.1 Å². The first kappa shape index (κ1) is 21.6. The second-order valence-corrected chi connectivity index (χ2v) is 9.39. The number of amides is 2. The van der Waals surface area contributed by atoms with Gasteiger partial charge in [0.15, 0.2) is 0 Å². The second-order valence-electron chi connectivity index (χ2n) is 7.34. The van der Waals surface area contributed by atoms with E-state index >= 15 is 0 Å². The first-order valence-electron chi connectivity index (χ1n) is 10.4. The molecule has 7 nitrogen and oxygen atoms in total. The molecule has 0 atom stereocenters. The molecule has 2 heterocycles. The number of fused-ring (bicyclic) bond motifs is 1. The van der Waals surface area contributed by atoms with Gasteiger partial charge in [0.05, 0.1) is 11.3 Å². The SMILES string of the molecule is CCc1nc(SCC(=O)Nc2sc3c(c2C(=O)NCc2ccccc2)CCCC3)n[nH]1. The van der Waals surface area contributed by atoms with Crippen molar-refractivity contribution in [3.8, 4) is 0 Å². The predicted octanol–water partition coefficient (Wildman–Crippen LogP) is 3.97. The summed E-state index contributed by atoms with van der Waals surface area (Å²) in [5, 5.41) is 14.1. The van der Waals surface area contributed by atoms with E-state index in [1.165, 1.54) is 28.0 Å². The molecule has 0 saturated heterocycles. The van der Waals surface area contributed by atoms with Gasteiger partial charge in [-0.1, -0.05) is 49.0 Å². The van der Waals surface area contributed by atoms with Crippen LogP contribution in [-0.4, -0.2) is 32.7 Å². The van der Waals surface area contributed by atoms with Crippen LogP contribution in [0.15, 0.2) is 35.5 Å². The standard InChI is InChI=1S/C22H25N5O2S2/c1-2-17-24-22(27-26-17)30-13-18(28)25-21-19(15-10-6-7-11-16(15)31-21)20(29)23-12-14-8-4-3-5-9-14/h3-5,8-9H,2,6-7,10-13H2,1H3,(H,23,29)(H,25,28)(H,24,26,27). The third kappa shape index (κ3) is 5.34. The van der Waals surface area contributed by atoms with Crippen LogP contribution in [-0.2, 0) is 30.6 Å². The minimum absolute atomic E-state index is 0.132. The van der Waals surface area contributed by atoms with Crippen LogP contribution in [0.5, 0.6) is 0 Å². The smallest absolute Gasteiger partial charge is 0.254 e. The average Bonchev–Trinajstić information content (AvgIpc) is 3.40. The van der Waals surface area contributed by atoms with Gasteiger partial charge in [-0.15, -0.1) is 16.4 Å². The summed E-state index contributed by atoms with van der Waals surface area (Å²) >= 11 is 2.81. The molecule has 3 aromatic rings. The highest BCUT2D eigenvalue weighted by molar-refractivity contribution is 7.99. The summed E-state index contributed by atoms with van der Waals surface area (Å²) in [4.78, 5) is 31.2. The van der Waals surface area contributed by atoms with Gasteiger partial charge in [-0.05, 0) is 36.8 Å². The van der Waals surface area contributed by atoms with Gasteiger partial charge in [-0.25, -0.2) is 4.98 Å². The number of aromatic nitrogens is 3. The highest BCUT2D eigenvalue weighted by Crippen LogP contribution is 2.38. The summed E-state index contributed by atoms with van der Waals surface area (Å²) < 4.78 is 0. The van der Waals surface area contributed by atoms with E-state index in [2.05, 4.69) is 25.8 Å². The van der Waals surface area contributed by atoms with E-state index in [-0.39, 0.29) is 17.6 Å². The molecule has 0 aliphatic heterocycles. The van der Waals surface area contributed by atoms with Gasteiger partial charge in [0.25, 0.3) is 5.91 Å². The first-order valence-corrected chi connectivity index (χ1v) is 12.2. The summed E-state index contributed by atoms with van der Waals surface area (Å²) in [5.74, 6) is 0.691. The quantitative estimate of drug-likeness (QED) is 0.446. The number of hydrogen-bond donors (Lipinski definition) is 3. The van der Waals surface area contributed by atoms with E-state index in [1.54, 1.807) is 0 Å². The Morgan fingerprint density at radius 2 is 2.00 bits per heavy atom. The zero-order valence-corrected chi connectivity index (χ0v) is 19.0. The van der Waals surface area contributed by atoms with E-state index in [1.807, 2.05) is 37.3 Å². The number of rotatable bonds is 8. The molecule has 1 aliphatic rings. The fourth-order valence-corrected chi connectivity index (χ4v) is 5.47. The van der Waals surface area contributed by atoms with Crippen LogP contribution in [0.2, 0.25) is 0 Å². The molecule has 0 unspecified atom stereocenters. The van der Waals surface area contributed by atoms with E-state index < -0.39 is 0 Å². The van der Waals surface area contributed by atoms with Crippen molar-refractivity contribution in [1.29, 1.82) is 0 Å². The lowest BCUT2D eigenvalue weighted by atomic mass is 9.95. The lowest BCUT2D eigenvalue weighted by Gasteiger charge is -2.13. The molecule has 4 rings (SSSR count). The van der Waals surface area contributed by atoms with Crippen molar-refractivity contribution >= 4 is 39.9 Å². The molecule has 2 amide bonds. The molecule has 31 heavy (non-hydrogen) atoms. The number of aryl methyl sites for hydroxylation is 2. The fourth-order valence-electron chi connectivity index (χ4n) is 3.55. The molecule has 9 heteroatoms. The third-order valence-corrected chi connectivity index (χ3v) is 7.18. The molecule has 162 valence electrons. The van der Waals surface area contributed by atoms with Gasteiger partial charge in [0.1, 0.15) is 10.8 Å². The highest BCUT2D eigenvalue weighted by Gasteiger charge is 2.26. The summed E-state index contributed by atoms with van der Waals surface area (Å²) in [6.45, 7) is 2.45. The Labute approximate surface area is 189 Å². The van der Waals surface area contributed by atoms with Gasteiger partial charge in [0, 0.05) is 17.8 Å². The van der Waals surface area contributed by atoms with Crippen LogP contribution >= 0.6 is 23.1 Å². The second kappa shape index (κ2) is 10.1. The van der Waals surface area contributed by atoms with Crippen molar-refractivity contribution in [2.45, 2.75) is 50.7 Å². The fraction of sp³-hybridized carbons (Fsp3) is 0.364. The number of anilines is 1. The van der Waals surface area contributed by atoms with Crippen LogP contribution in [0.25, 0.3) is 0 Å². The summed E-state index contributed by atoms with van der Waals surface area (Å²) in [7, 11) is 0. The highest BCUT2D eigenvalue weighted by atomic mass is 32.2. The maximum atomic E-state index is 13.1. The molecule has 0 saturated carbocycles. The summed E-state index contributed by atoms with van der Waals surface area (Å²) in [6, 6.07) is 9.82. The number of carbonyl (C=O) groups excluding carboxylic acids is 2. The Morgan fingerprint density at radius 3 is 2.77 bits per heavy atom. The van der Waals surface area contributed by atoms with E-state index in [0.717, 1.165) is 49.1 Å². The molecule has 0 spiro atoms. The monoisotopic (exact) mass is 455 g/mol. The number of thiophene rings is 1. The average molecular weight is 456 g/mol. The topological polar surface area (TPSA) is 99.8 Å². The summed E-state index contributed by atoms with van der Waals surface area (Å²) in [6.07, 6.45) is 4.78. The number of nitrogens with one attached hydrogen (secondary N) is 3. The van der Waals surface area contributed by atoms with E-state index in [4.69, 9.17) is 0 Å². The van der Waals surface area contributed by atoms with Crippen molar-refractivity contribution in [3.05, 3.63) is 57.7 Å². The molecule has 0 bridgehead atoms. The van der Waals surface area contributed by atoms with Gasteiger partial charge < -0.3 is 10.6 Å². The largest absolute Gasteiger partial charge is 0.348 e. The Bertz CT molecular complexity index is 1060. The molecule has 1 aliphatic carbocycles. The van der Waals surface area contributed by atoms with Crippen molar-refractivity contribution in [2.24, 2.45) is 0 Å². The number of thioether (sulfide) groups is 1. The Morgan fingerprint density at radius 1 is 1.19 bits per heavy atom. The van der Waals surface area contributed by atoms with Crippen LogP contribution in [0.1, 0.15) is 52.0 Å². The number of benzene rings is 1. The number of aromatic amines is 1. The van der Waals surface area contributed by atoms with Crippen LogP contribution in [0.3, 0.4) is 0 Å². The third-order valence-electron chi connectivity index (χ3n) is 5.13. The molecule has 2 aromatic heterocycles. The Hall–Kier alpha value is -2.65. The normalized spacial score (nSPS) is 12.9. The van der Waals surface area contributed by atoms with Crippen molar-refractivity contribution in [3.63, 3.8) is 0 Å². The molecular formula is C22H25N5O2S2. The molecular weight excluding hydrogens is 430 g/mol. The lowest BCUT2D eigenvalue weighted by molar-refractivity contribution is -0.113. The molecule has 0 fully saturated rings. The predicted molar refractivity (Wildman–Crippen MR) is 124 cm³/mol. The molecule has 3 N–H and O–H groups in total. The number of H-pyrrole nitrogens is 1. The maximum absolute atomic E-state index is 13.1. The Kier molecular flexibility index (Phi) is 7.03. The zero-order chi connectivity index (χ0) is 21.6. The van der Waals surface area contributed by atoms with Crippen LogP contribution in [0.4, 0.5) is 5.00 Å². The van der Waals surface area contributed by atoms with E-state index in [9.17, 15) is 9.59 Å². The summed E-state index contributed by atoms with van der Waals surface area (Å²) in [5.41, 5.74) is 2.76. The minimum Gasteiger partial charge on any atom is -0.348 e. The van der Waals surface area contributed by atoms with Crippen molar-refractivity contribution in [2.75, 3.05) is 11.1 Å². The first-order chi connectivity index (χ1) is 15.1. The number of carbonyl (C=O) groups is 2. The maximum Gasteiger partial charge on any atom is 0.254 e. The van der Waals surface area contributed by atoms with Crippen molar-refractivity contribution in [1.82, 2.24) is 20.5 Å². The lowest BCUT2D eigenvalue weighted by Crippen LogP contribution is -2.25. The molecule has 0 radical (unpaired) electrons. The minimum atomic E-state index is -0.163. The van der Waals surface area contributed by atoms with Gasteiger partial charge in [-0.3, -0.25) is 14.7 Å². The number of nitrogens with zero attached hydrogens (tertiary/aromatic N) is 2. The van der Waals surface area contributed by atoms with Crippen molar-refractivity contribution < 1.29 is 9.59 Å². The molecule has 1 aromatic carbocycles. The van der Waals surface area contributed by atoms with Gasteiger partial charge >= 0.3 is 0 Å². The number of hydrogen-bond acceptors (Lipinski definition) is 6. The van der Waals surface area contributed by atoms with Crippen LogP contribution < -0.4 is 10.6 Å².